The van der Waals surface area contributed by atoms with Crippen molar-refractivity contribution in [3.05, 3.63) is 0 Å². The van der Waals surface area contributed by atoms with Crippen LogP contribution in [0.15, 0.2) is 0 Å². The van der Waals surface area contributed by atoms with Crippen LogP contribution < -0.4 is 0 Å². The highest BCUT2D eigenvalue weighted by atomic mass is 32.2. The van der Waals surface area contributed by atoms with Crippen LogP contribution in [-0.2, 0) is 14.6 Å². The lowest BCUT2D eigenvalue weighted by molar-refractivity contribution is 0.000727. The summed E-state index contributed by atoms with van der Waals surface area (Å²) in [5.41, 5.74) is 0. The van der Waals surface area contributed by atoms with Crippen molar-refractivity contribution in [3.63, 3.8) is 0 Å². The topological polar surface area (TPSA) is 63.6 Å². The summed E-state index contributed by atoms with van der Waals surface area (Å²) in [6, 6.07) is 0. The SMILES string of the molecule is CC1OCCC1C(O)C1CCCC(S(C)(=O)=O)C1. The molecule has 0 spiro atoms. The molecule has 0 aromatic carbocycles. The fourth-order valence-electron chi connectivity index (χ4n) is 3.43. The van der Waals surface area contributed by atoms with Crippen molar-refractivity contribution in [2.45, 2.75) is 56.5 Å². The molecular weight excluding hydrogens is 252 g/mol. The first-order valence-corrected chi connectivity index (χ1v) is 8.83. The lowest BCUT2D eigenvalue weighted by Crippen LogP contribution is -2.38. The summed E-state index contributed by atoms with van der Waals surface area (Å²) in [6.45, 7) is 2.71. The van der Waals surface area contributed by atoms with Gasteiger partial charge in [0, 0.05) is 18.8 Å². The van der Waals surface area contributed by atoms with E-state index in [9.17, 15) is 13.5 Å². The summed E-state index contributed by atoms with van der Waals surface area (Å²) in [6.07, 6.45) is 5.10. The third-order valence-electron chi connectivity index (χ3n) is 4.63. The lowest BCUT2D eigenvalue weighted by Gasteiger charge is -2.34. The molecule has 0 aromatic heterocycles. The molecule has 1 saturated heterocycles. The molecule has 1 N–H and O–H groups in total. The Morgan fingerprint density at radius 3 is 2.56 bits per heavy atom. The quantitative estimate of drug-likeness (QED) is 0.846. The van der Waals surface area contributed by atoms with Gasteiger partial charge in [-0.1, -0.05) is 6.42 Å². The maximum atomic E-state index is 11.6. The summed E-state index contributed by atoms with van der Waals surface area (Å²) in [7, 11) is -2.97. The maximum absolute atomic E-state index is 11.6. The molecule has 0 radical (unpaired) electrons. The smallest absolute Gasteiger partial charge is 0.150 e. The van der Waals surface area contributed by atoms with Crippen LogP contribution in [0.25, 0.3) is 0 Å². The summed E-state index contributed by atoms with van der Waals surface area (Å²) in [4.78, 5) is 0. The Labute approximate surface area is 110 Å². The Bertz CT molecular complexity index is 378. The van der Waals surface area contributed by atoms with Crippen LogP contribution in [-0.4, -0.2) is 43.8 Å². The van der Waals surface area contributed by atoms with Crippen LogP contribution in [0.1, 0.15) is 39.0 Å². The molecule has 1 aliphatic carbocycles. The molecule has 5 atom stereocenters. The van der Waals surface area contributed by atoms with E-state index in [1.165, 1.54) is 6.26 Å². The minimum atomic E-state index is -2.97. The highest BCUT2D eigenvalue weighted by Crippen LogP contribution is 2.36. The maximum Gasteiger partial charge on any atom is 0.150 e. The van der Waals surface area contributed by atoms with Gasteiger partial charge in [-0.25, -0.2) is 8.42 Å². The van der Waals surface area contributed by atoms with Gasteiger partial charge in [-0.15, -0.1) is 0 Å². The predicted octanol–water partition coefficient (Wildman–Crippen LogP) is 1.38. The molecule has 2 aliphatic rings. The largest absolute Gasteiger partial charge is 0.392 e. The fourth-order valence-corrected chi connectivity index (χ4v) is 4.62. The number of sulfone groups is 1. The van der Waals surface area contributed by atoms with Crippen molar-refractivity contribution >= 4 is 9.84 Å². The number of aliphatic hydroxyl groups is 1. The van der Waals surface area contributed by atoms with E-state index in [0.717, 1.165) is 25.7 Å². The minimum absolute atomic E-state index is 0.0959. The lowest BCUT2D eigenvalue weighted by atomic mass is 9.78. The average molecular weight is 276 g/mol. The molecule has 4 nitrogen and oxygen atoms in total. The van der Waals surface area contributed by atoms with Gasteiger partial charge in [-0.2, -0.15) is 0 Å². The van der Waals surface area contributed by atoms with E-state index in [4.69, 9.17) is 4.74 Å². The first kappa shape index (κ1) is 14.3. The summed E-state index contributed by atoms with van der Waals surface area (Å²) in [5.74, 6) is 0.293. The Hall–Kier alpha value is -0.130. The zero-order chi connectivity index (χ0) is 13.3. The standard InChI is InChI=1S/C13H24O4S/c1-9-12(6-7-17-9)13(14)10-4-3-5-11(8-10)18(2,15)16/h9-14H,3-8H2,1-2H3. The predicted molar refractivity (Wildman–Crippen MR) is 70.1 cm³/mol. The van der Waals surface area contributed by atoms with E-state index in [1.807, 2.05) is 6.92 Å². The number of hydrogen-bond donors (Lipinski definition) is 1. The molecular formula is C13H24O4S. The summed E-state index contributed by atoms with van der Waals surface area (Å²) >= 11 is 0. The molecule has 18 heavy (non-hydrogen) atoms. The van der Waals surface area contributed by atoms with Crippen molar-refractivity contribution in [1.29, 1.82) is 0 Å². The number of ether oxygens (including phenoxy) is 1. The average Bonchev–Trinajstić information content (AvgIpc) is 2.73. The summed E-state index contributed by atoms with van der Waals surface area (Å²) in [5, 5.41) is 10.2. The zero-order valence-corrected chi connectivity index (χ0v) is 12.0. The van der Waals surface area contributed by atoms with Gasteiger partial charge in [0.25, 0.3) is 0 Å². The molecule has 1 heterocycles. The molecule has 5 heteroatoms. The Kier molecular flexibility index (Phi) is 4.34. The van der Waals surface area contributed by atoms with Crippen molar-refractivity contribution in [2.75, 3.05) is 12.9 Å². The molecule has 106 valence electrons. The molecule has 5 unspecified atom stereocenters. The van der Waals surface area contributed by atoms with E-state index in [-0.39, 0.29) is 23.2 Å². The first-order chi connectivity index (χ1) is 8.39. The van der Waals surface area contributed by atoms with Crippen molar-refractivity contribution in [2.24, 2.45) is 11.8 Å². The zero-order valence-electron chi connectivity index (χ0n) is 11.2. The third-order valence-corrected chi connectivity index (χ3v) is 6.27. The minimum Gasteiger partial charge on any atom is -0.392 e. The van der Waals surface area contributed by atoms with Crippen LogP contribution in [0, 0.1) is 11.8 Å². The van der Waals surface area contributed by atoms with Gasteiger partial charge < -0.3 is 9.84 Å². The van der Waals surface area contributed by atoms with Crippen LogP contribution in [0.5, 0.6) is 0 Å². The second kappa shape index (κ2) is 5.47. The Balaban J connectivity index is 2.00. The van der Waals surface area contributed by atoms with Gasteiger partial charge in [0.05, 0.1) is 17.5 Å². The van der Waals surface area contributed by atoms with E-state index in [0.29, 0.717) is 13.0 Å². The van der Waals surface area contributed by atoms with E-state index in [2.05, 4.69) is 0 Å². The van der Waals surface area contributed by atoms with E-state index in [1.54, 1.807) is 0 Å². The molecule has 2 rings (SSSR count). The highest BCUT2D eigenvalue weighted by molar-refractivity contribution is 7.91. The van der Waals surface area contributed by atoms with Crippen LogP contribution in [0.4, 0.5) is 0 Å². The number of rotatable bonds is 3. The number of hydrogen-bond acceptors (Lipinski definition) is 4. The molecule has 0 aromatic rings. The van der Waals surface area contributed by atoms with Gasteiger partial charge in [0.1, 0.15) is 9.84 Å². The third kappa shape index (κ3) is 3.06. The molecule has 1 saturated carbocycles. The second-order valence-electron chi connectivity index (χ2n) is 5.90. The monoisotopic (exact) mass is 276 g/mol. The van der Waals surface area contributed by atoms with Crippen molar-refractivity contribution < 1.29 is 18.3 Å². The van der Waals surface area contributed by atoms with Gasteiger partial charge in [0.15, 0.2) is 0 Å². The van der Waals surface area contributed by atoms with Gasteiger partial charge >= 0.3 is 0 Å². The van der Waals surface area contributed by atoms with E-state index >= 15 is 0 Å². The molecule has 1 aliphatic heterocycles. The van der Waals surface area contributed by atoms with Crippen LogP contribution in [0.2, 0.25) is 0 Å². The Morgan fingerprint density at radius 1 is 1.28 bits per heavy atom. The number of aliphatic hydroxyl groups excluding tert-OH is 1. The van der Waals surface area contributed by atoms with E-state index < -0.39 is 15.9 Å². The van der Waals surface area contributed by atoms with Crippen LogP contribution in [0.3, 0.4) is 0 Å². The van der Waals surface area contributed by atoms with Gasteiger partial charge in [0.2, 0.25) is 0 Å². The second-order valence-corrected chi connectivity index (χ2v) is 8.22. The normalized spacial score (nSPS) is 39.7. The molecule has 2 fully saturated rings. The van der Waals surface area contributed by atoms with Crippen molar-refractivity contribution in [3.8, 4) is 0 Å². The summed E-state index contributed by atoms with van der Waals surface area (Å²) < 4.78 is 28.8. The Morgan fingerprint density at radius 2 is 2.00 bits per heavy atom. The van der Waals surface area contributed by atoms with Gasteiger partial charge in [-0.3, -0.25) is 0 Å². The van der Waals surface area contributed by atoms with Crippen molar-refractivity contribution in [1.82, 2.24) is 0 Å². The molecule has 0 amide bonds. The highest BCUT2D eigenvalue weighted by Gasteiger charge is 2.39. The van der Waals surface area contributed by atoms with Gasteiger partial charge in [-0.05, 0) is 38.5 Å². The van der Waals surface area contributed by atoms with Crippen LogP contribution >= 0.6 is 0 Å². The molecule has 0 bridgehead atoms. The fraction of sp³-hybridized carbons (Fsp3) is 1.00. The first-order valence-electron chi connectivity index (χ1n) is 6.88.